The lowest BCUT2D eigenvalue weighted by Crippen LogP contribution is -2.39. The van der Waals surface area contributed by atoms with E-state index in [1.165, 1.54) is 6.07 Å². The quantitative estimate of drug-likeness (QED) is 0.681. The third-order valence-corrected chi connectivity index (χ3v) is 4.39. The van der Waals surface area contributed by atoms with Gasteiger partial charge in [0.1, 0.15) is 11.6 Å². The minimum Gasteiger partial charge on any atom is -0.346 e. The smallest absolute Gasteiger partial charge is 0.243 e. The highest BCUT2D eigenvalue weighted by atomic mass is 19.1. The molecule has 0 aliphatic rings. The monoisotopic (exact) mass is 389 g/mol. The van der Waals surface area contributed by atoms with Crippen molar-refractivity contribution in [3.05, 3.63) is 64.2 Å². The number of nitrogens with one attached hydrogen (secondary N) is 3. The molecule has 2 aromatic rings. The van der Waals surface area contributed by atoms with E-state index in [1.54, 1.807) is 6.92 Å². The summed E-state index contributed by atoms with van der Waals surface area (Å²) in [6.07, 6.45) is 0. The molecule has 0 fully saturated rings. The molecule has 1 atom stereocenters. The molecule has 0 heterocycles. The Kier molecular flexibility index (Phi) is 7.23. The molecule has 2 rings (SSSR count). The largest absolute Gasteiger partial charge is 0.346 e. The molecule has 2 aromatic carbocycles. The first-order valence-electron chi connectivity index (χ1n) is 9.00. The summed E-state index contributed by atoms with van der Waals surface area (Å²) in [7, 11) is 0. The number of carbonyl (C=O) groups is 2. The van der Waals surface area contributed by atoms with Crippen LogP contribution in [0.15, 0.2) is 30.3 Å². The summed E-state index contributed by atoms with van der Waals surface area (Å²) in [4.78, 5) is 24.1. The number of carbonyl (C=O) groups excluding carboxylic acids is 2. The van der Waals surface area contributed by atoms with Gasteiger partial charge in [-0.3, -0.25) is 9.59 Å². The van der Waals surface area contributed by atoms with Gasteiger partial charge in [0.15, 0.2) is 0 Å². The van der Waals surface area contributed by atoms with Crippen LogP contribution in [0.1, 0.15) is 35.2 Å². The molecule has 28 heavy (non-hydrogen) atoms. The molecule has 0 spiro atoms. The predicted molar refractivity (Wildman–Crippen MR) is 105 cm³/mol. The number of halogens is 2. The number of hydrogen-bond donors (Lipinski definition) is 3. The molecule has 1 unspecified atom stereocenters. The summed E-state index contributed by atoms with van der Waals surface area (Å²) in [6.45, 7) is 7.19. The maximum absolute atomic E-state index is 13.7. The molecule has 0 saturated carbocycles. The van der Waals surface area contributed by atoms with Crippen molar-refractivity contribution in [2.75, 3.05) is 18.4 Å². The molecule has 0 aromatic heterocycles. The van der Waals surface area contributed by atoms with Gasteiger partial charge in [0, 0.05) is 23.4 Å². The molecule has 0 aliphatic carbocycles. The van der Waals surface area contributed by atoms with Crippen LogP contribution in [-0.2, 0) is 9.59 Å². The molecule has 0 aliphatic heterocycles. The Morgan fingerprint density at radius 3 is 2.21 bits per heavy atom. The lowest BCUT2D eigenvalue weighted by Gasteiger charge is -2.15. The maximum Gasteiger partial charge on any atom is 0.243 e. The van der Waals surface area contributed by atoms with Crippen LogP contribution in [0.5, 0.6) is 0 Å². The van der Waals surface area contributed by atoms with Crippen molar-refractivity contribution in [3.63, 3.8) is 0 Å². The summed E-state index contributed by atoms with van der Waals surface area (Å²) in [6, 6.07) is 6.75. The molecule has 0 radical (unpaired) electrons. The zero-order chi connectivity index (χ0) is 20.8. The number of rotatable bonds is 7. The van der Waals surface area contributed by atoms with E-state index in [0.29, 0.717) is 0 Å². The first kappa shape index (κ1) is 21.5. The van der Waals surface area contributed by atoms with E-state index in [9.17, 15) is 18.4 Å². The van der Waals surface area contributed by atoms with Gasteiger partial charge in [0.25, 0.3) is 0 Å². The molecular weight excluding hydrogens is 364 g/mol. The van der Waals surface area contributed by atoms with Gasteiger partial charge in [0.2, 0.25) is 11.8 Å². The summed E-state index contributed by atoms with van der Waals surface area (Å²) in [5.74, 6) is -2.07. The summed E-state index contributed by atoms with van der Waals surface area (Å²) in [5.41, 5.74) is 4.02. The van der Waals surface area contributed by atoms with Crippen LogP contribution in [0.4, 0.5) is 14.5 Å². The van der Waals surface area contributed by atoms with Gasteiger partial charge < -0.3 is 16.0 Å². The summed E-state index contributed by atoms with van der Waals surface area (Å²) in [5, 5.41) is 8.17. The second kappa shape index (κ2) is 9.41. The van der Waals surface area contributed by atoms with Crippen molar-refractivity contribution < 1.29 is 18.4 Å². The van der Waals surface area contributed by atoms with E-state index < -0.39 is 23.6 Å². The zero-order valence-electron chi connectivity index (χ0n) is 16.5. The van der Waals surface area contributed by atoms with Gasteiger partial charge >= 0.3 is 0 Å². The Balaban J connectivity index is 1.81. The van der Waals surface area contributed by atoms with E-state index in [0.717, 1.165) is 34.5 Å². The van der Waals surface area contributed by atoms with Gasteiger partial charge in [-0.15, -0.1) is 0 Å². The molecule has 0 bridgehead atoms. The first-order chi connectivity index (χ1) is 13.2. The van der Waals surface area contributed by atoms with Crippen LogP contribution in [0.2, 0.25) is 0 Å². The second-order valence-corrected chi connectivity index (χ2v) is 6.87. The van der Waals surface area contributed by atoms with Crippen molar-refractivity contribution in [2.24, 2.45) is 0 Å². The van der Waals surface area contributed by atoms with Crippen LogP contribution in [0, 0.1) is 32.4 Å². The van der Waals surface area contributed by atoms with Crippen molar-refractivity contribution >= 4 is 17.5 Å². The summed E-state index contributed by atoms with van der Waals surface area (Å²) < 4.78 is 26.7. The lowest BCUT2D eigenvalue weighted by atomic mass is 10.1. The minimum atomic E-state index is -0.677. The van der Waals surface area contributed by atoms with Gasteiger partial charge in [-0.25, -0.2) is 8.78 Å². The number of aryl methyl sites for hydroxylation is 3. The Morgan fingerprint density at radius 1 is 0.964 bits per heavy atom. The third-order valence-electron chi connectivity index (χ3n) is 4.39. The molecule has 150 valence electrons. The fourth-order valence-electron chi connectivity index (χ4n) is 3.01. The van der Waals surface area contributed by atoms with Crippen molar-refractivity contribution in [3.8, 4) is 0 Å². The first-order valence-corrected chi connectivity index (χ1v) is 9.00. The van der Waals surface area contributed by atoms with Gasteiger partial charge in [0.05, 0.1) is 13.1 Å². The molecule has 5 nitrogen and oxygen atoms in total. The Bertz CT molecular complexity index is 861. The lowest BCUT2D eigenvalue weighted by molar-refractivity contribution is -0.123. The number of anilines is 1. The van der Waals surface area contributed by atoms with Crippen LogP contribution < -0.4 is 16.0 Å². The SMILES string of the molecule is Cc1cc(C)c(NC(=O)CNC(=O)CNC(C)c2ccc(F)cc2F)c(C)c1. The topological polar surface area (TPSA) is 70.2 Å². The average molecular weight is 389 g/mol. The number of benzene rings is 2. The molecule has 3 N–H and O–H groups in total. The average Bonchev–Trinajstić information content (AvgIpc) is 2.61. The Morgan fingerprint density at radius 2 is 1.61 bits per heavy atom. The van der Waals surface area contributed by atoms with E-state index in [4.69, 9.17) is 0 Å². The molecule has 7 heteroatoms. The Labute approximate surface area is 163 Å². The third kappa shape index (κ3) is 5.85. The summed E-state index contributed by atoms with van der Waals surface area (Å²) >= 11 is 0. The second-order valence-electron chi connectivity index (χ2n) is 6.87. The van der Waals surface area contributed by atoms with E-state index in [2.05, 4.69) is 16.0 Å². The molecular formula is C21H25F2N3O2. The standard InChI is InChI=1S/C21H25F2N3O2/c1-12-7-13(2)21(14(3)8-12)26-20(28)11-25-19(27)10-24-15(4)17-6-5-16(22)9-18(17)23/h5-9,15,24H,10-11H2,1-4H3,(H,25,27)(H,26,28). The van der Waals surface area contributed by atoms with E-state index >= 15 is 0 Å². The minimum absolute atomic E-state index is 0.103. The normalized spacial score (nSPS) is 11.8. The van der Waals surface area contributed by atoms with E-state index in [1.807, 2.05) is 32.9 Å². The zero-order valence-corrected chi connectivity index (χ0v) is 16.5. The molecule has 2 amide bonds. The van der Waals surface area contributed by atoms with Gasteiger partial charge in [-0.05, 0) is 44.9 Å². The highest BCUT2D eigenvalue weighted by Gasteiger charge is 2.14. The van der Waals surface area contributed by atoms with E-state index in [-0.39, 0.29) is 24.6 Å². The number of amides is 2. The van der Waals surface area contributed by atoms with Gasteiger partial charge in [-0.1, -0.05) is 23.8 Å². The highest BCUT2D eigenvalue weighted by Crippen LogP contribution is 2.21. The van der Waals surface area contributed by atoms with Crippen molar-refractivity contribution in [1.29, 1.82) is 0 Å². The van der Waals surface area contributed by atoms with Gasteiger partial charge in [-0.2, -0.15) is 0 Å². The van der Waals surface area contributed by atoms with Crippen molar-refractivity contribution in [2.45, 2.75) is 33.7 Å². The number of hydrogen-bond acceptors (Lipinski definition) is 3. The van der Waals surface area contributed by atoms with Crippen LogP contribution in [-0.4, -0.2) is 24.9 Å². The van der Waals surface area contributed by atoms with Crippen LogP contribution in [0.3, 0.4) is 0 Å². The Hall–Kier alpha value is -2.80. The fraction of sp³-hybridized carbons (Fsp3) is 0.333. The fourth-order valence-corrected chi connectivity index (χ4v) is 3.01. The molecule has 0 saturated heterocycles. The van der Waals surface area contributed by atoms with Crippen LogP contribution in [0.25, 0.3) is 0 Å². The maximum atomic E-state index is 13.7. The highest BCUT2D eigenvalue weighted by molar-refractivity contribution is 5.96. The van der Waals surface area contributed by atoms with Crippen molar-refractivity contribution in [1.82, 2.24) is 10.6 Å². The predicted octanol–water partition coefficient (Wildman–Crippen LogP) is 3.30. The van der Waals surface area contributed by atoms with Crippen LogP contribution >= 0.6 is 0 Å².